The lowest BCUT2D eigenvalue weighted by Crippen LogP contribution is -2.56. The predicted molar refractivity (Wildman–Crippen MR) is 72.0 cm³/mol. The van der Waals surface area contributed by atoms with Crippen LogP contribution >= 0.6 is 11.3 Å². The van der Waals surface area contributed by atoms with Crippen molar-refractivity contribution in [3.63, 3.8) is 0 Å². The van der Waals surface area contributed by atoms with E-state index in [9.17, 15) is 4.79 Å². The van der Waals surface area contributed by atoms with Gasteiger partial charge in [-0.1, -0.05) is 0 Å². The summed E-state index contributed by atoms with van der Waals surface area (Å²) in [5.74, 6) is 0.544. The van der Waals surface area contributed by atoms with Gasteiger partial charge in [0.15, 0.2) is 5.13 Å². The zero-order valence-electron chi connectivity index (χ0n) is 10.6. The molecule has 0 atom stereocenters. The van der Waals surface area contributed by atoms with E-state index in [4.69, 9.17) is 0 Å². The van der Waals surface area contributed by atoms with Crippen molar-refractivity contribution in [2.24, 2.45) is 5.92 Å². The lowest BCUT2D eigenvalue weighted by atomic mass is 10.0. The summed E-state index contributed by atoms with van der Waals surface area (Å²) in [4.78, 5) is 20.9. The molecule has 1 aromatic rings. The minimum atomic E-state index is 0.221. The molecule has 2 aliphatic rings. The van der Waals surface area contributed by atoms with Crippen LogP contribution in [0.2, 0.25) is 0 Å². The first-order valence-corrected chi connectivity index (χ1v) is 7.28. The topological polar surface area (TPSA) is 48.5 Å². The number of carbonyl (C=O) groups excluding carboxylic acids is 1. The van der Waals surface area contributed by atoms with Crippen molar-refractivity contribution < 1.29 is 4.79 Å². The summed E-state index contributed by atoms with van der Waals surface area (Å²) in [6.45, 7) is 7.18. The van der Waals surface area contributed by atoms with Crippen molar-refractivity contribution in [2.45, 2.75) is 6.92 Å². The fourth-order valence-electron chi connectivity index (χ4n) is 2.33. The standard InChI is InChI=1S/C12H18N4OS/c1-9-8-18-12(14-9)16-4-2-15(3-5-16)11(17)10-6-13-7-10/h8,10,13H,2-7H2,1H3. The monoisotopic (exact) mass is 266 g/mol. The molecule has 2 saturated heterocycles. The Labute approximate surface area is 111 Å². The molecule has 98 valence electrons. The van der Waals surface area contributed by atoms with Gasteiger partial charge < -0.3 is 15.1 Å². The Hall–Kier alpha value is -1.14. The van der Waals surface area contributed by atoms with Gasteiger partial charge in [-0.05, 0) is 6.92 Å². The van der Waals surface area contributed by atoms with Gasteiger partial charge in [0.05, 0.1) is 11.6 Å². The highest BCUT2D eigenvalue weighted by atomic mass is 32.1. The van der Waals surface area contributed by atoms with E-state index in [0.29, 0.717) is 5.91 Å². The average molecular weight is 266 g/mol. The maximum absolute atomic E-state index is 12.1. The Kier molecular flexibility index (Phi) is 3.22. The highest BCUT2D eigenvalue weighted by molar-refractivity contribution is 7.13. The summed E-state index contributed by atoms with van der Waals surface area (Å²) >= 11 is 1.69. The van der Waals surface area contributed by atoms with Crippen molar-refractivity contribution in [1.82, 2.24) is 15.2 Å². The Morgan fingerprint density at radius 3 is 2.61 bits per heavy atom. The fourth-order valence-corrected chi connectivity index (χ4v) is 3.18. The van der Waals surface area contributed by atoms with Crippen molar-refractivity contribution >= 4 is 22.4 Å². The van der Waals surface area contributed by atoms with Gasteiger partial charge in [-0.2, -0.15) is 0 Å². The fraction of sp³-hybridized carbons (Fsp3) is 0.667. The molecule has 0 aliphatic carbocycles. The molecule has 1 aromatic heterocycles. The molecule has 1 N–H and O–H groups in total. The van der Waals surface area contributed by atoms with Crippen LogP contribution in [-0.4, -0.2) is 55.1 Å². The first kappa shape index (κ1) is 11.9. The number of aromatic nitrogens is 1. The van der Waals surface area contributed by atoms with Gasteiger partial charge in [0.25, 0.3) is 0 Å². The summed E-state index contributed by atoms with van der Waals surface area (Å²) in [5, 5.41) is 6.32. The molecule has 0 bridgehead atoms. The molecule has 2 fully saturated rings. The van der Waals surface area contributed by atoms with E-state index in [-0.39, 0.29) is 5.92 Å². The molecular formula is C12H18N4OS. The second kappa shape index (κ2) is 4.85. The van der Waals surface area contributed by atoms with Gasteiger partial charge in [0, 0.05) is 44.6 Å². The van der Waals surface area contributed by atoms with E-state index in [1.807, 2.05) is 11.8 Å². The second-order valence-electron chi connectivity index (χ2n) is 4.94. The Bertz CT molecular complexity index is 435. The van der Waals surface area contributed by atoms with E-state index in [2.05, 4.69) is 20.6 Å². The highest BCUT2D eigenvalue weighted by Crippen LogP contribution is 2.22. The number of carbonyl (C=O) groups is 1. The molecule has 3 heterocycles. The number of nitrogens with zero attached hydrogens (tertiary/aromatic N) is 3. The van der Waals surface area contributed by atoms with Crippen LogP contribution in [-0.2, 0) is 4.79 Å². The number of thiazole rings is 1. The minimum absolute atomic E-state index is 0.221. The number of hydrogen-bond acceptors (Lipinski definition) is 5. The Morgan fingerprint density at radius 2 is 2.11 bits per heavy atom. The van der Waals surface area contributed by atoms with Crippen LogP contribution in [0.5, 0.6) is 0 Å². The number of anilines is 1. The molecule has 0 spiro atoms. The number of amides is 1. The third-order valence-corrected chi connectivity index (χ3v) is 4.62. The maximum atomic E-state index is 12.1. The van der Waals surface area contributed by atoms with E-state index < -0.39 is 0 Å². The van der Waals surface area contributed by atoms with Crippen LogP contribution in [0.1, 0.15) is 5.69 Å². The number of piperazine rings is 1. The lowest BCUT2D eigenvalue weighted by Gasteiger charge is -2.38. The van der Waals surface area contributed by atoms with Gasteiger partial charge >= 0.3 is 0 Å². The van der Waals surface area contributed by atoms with Crippen molar-refractivity contribution in [1.29, 1.82) is 0 Å². The quantitative estimate of drug-likeness (QED) is 0.837. The predicted octanol–water partition coefficient (Wildman–Crippen LogP) is 0.320. The number of hydrogen-bond donors (Lipinski definition) is 1. The Morgan fingerprint density at radius 1 is 1.39 bits per heavy atom. The Balaban J connectivity index is 1.56. The normalized spacial score (nSPS) is 20.9. The number of nitrogens with one attached hydrogen (secondary N) is 1. The first-order chi connectivity index (χ1) is 8.74. The van der Waals surface area contributed by atoms with Gasteiger partial charge in [-0.3, -0.25) is 4.79 Å². The third-order valence-electron chi connectivity index (χ3n) is 3.60. The second-order valence-corrected chi connectivity index (χ2v) is 5.78. The molecule has 0 radical (unpaired) electrons. The van der Waals surface area contributed by atoms with Crippen LogP contribution in [0.25, 0.3) is 0 Å². The number of rotatable bonds is 2. The molecule has 0 unspecified atom stereocenters. The van der Waals surface area contributed by atoms with Gasteiger partial charge in [0.2, 0.25) is 5.91 Å². The molecule has 18 heavy (non-hydrogen) atoms. The smallest absolute Gasteiger partial charge is 0.228 e. The van der Waals surface area contributed by atoms with Crippen molar-refractivity contribution in [2.75, 3.05) is 44.2 Å². The van der Waals surface area contributed by atoms with E-state index >= 15 is 0 Å². The average Bonchev–Trinajstić information content (AvgIpc) is 2.74. The zero-order valence-corrected chi connectivity index (χ0v) is 11.4. The van der Waals surface area contributed by atoms with Crippen LogP contribution in [0.4, 0.5) is 5.13 Å². The van der Waals surface area contributed by atoms with Crippen LogP contribution < -0.4 is 10.2 Å². The lowest BCUT2D eigenvalue weighted by molar-refractivity contribution is -0.137. The summed E-state index contributed by atoms with van der Waals surface area (Å²) in [7, 11) is 0. The maximum Gasteiger partial charge on any atom is 0.228 e. The SMILES string of the molecule is Cc1csc(N2CCN(C(=O)C3CNC3)CC2)n1. The summed E-state index contributed by atoms with van der Waals surface area (Å²) in [6, 6.07) is 0. The summed E-state index contributed by atoms with van der Waals surface area (Å²) in [5.41, 5.74) is 1.08. The molecular weight excluding hydrogens is 248 g/mol. The van der Waals surface area contributed by atoms with Crippen molar-refractivity contribution in [3.8, 4) is 0 Å². The van der Waals surface area contributed by atoms with Crippen LogP contribution in [0, 0.1) is 12.8 Å². The first-order valence-electron chi connectivity index (χ1n) is 6.40. The summed E-state index contributed by atoms with van der Waals surface area (Å²) < 4.78 is 0. The summed E-state index contributed by atoms with van der Waals surface area (Å²) in [6.07, 6.45) is 0. The molecule has 6 heteroatoms. The van der Waals surface area contributed by atoms with Crippen molar-refractivity contribution in [3.05, 3.63) is 11.1 Å². The minimum Gasteiger partial charge on any atom is -0.345 e. The van der Waals surface area contributed by atoms with E-state index in [1.54, 1.807) is 11.3 Å². The van der Waals surface area contributed by atoms with Gasteiger partial charge in [0.1, 0.15) is 0 Å². The molecule has 2 aliphatic heterocycles. The van der Waals surface area contributed by atoms with Crippen LogP contribution in [0.15, 0.2) is 5.38 Å². The highest BCUT2D eigenvalue weighted by Gasteiger charge is 2.31. The molecule has 1 amide bonds. The molecule has 3 rings (SSSR count). The molecule has 5 nitrogen and oxygen atoms in total. The largest absolute Gasteiger partial charge is 0.345 e. The third kappa shape index (κ3) is 2.22. The van der Waals surface area contributed by atoms with Gasteiger partial charge in [-0.15, -0.1) is 11.3 Å². The van der Waals surface area contributed by atoms with Crippen LogP contribution in [0.3, 0.4) is 0 Å². The number of aryl methyl sites for hydroxylation is 1. The van der Waals surface area contributed by atoms with E-state index in [0.717, 1.165) is 50.1 Å². The zero-order chi connectivity index (χ0) is 12.5. The molecule has 0 aromatic carbocycles. The van der Waals surface area contributed by atoms with Gasteiger partial charge in [-0.25, -0.2) is 4.98 Å². The van der Waals surface area contributed by atoms with E-state index in [1.165, 1.54) is 0 Å². The molecule has 0 saturated carbocycles.